The first kappa shape index (κ1) is 13.8. The molecule has 0 aliphatic carbocycles. The Hall–Kier alpha value is -1.64. The summed E-state index contributed by atoms with van der Waals surface area (Å²) >= 11 is 1.96. The number of nitrogens with zero attached hydrogens (tertiary/aromatic N) is 1. The first-order chi connectivity index (χ1) is 8.90. The minimum atomic E-state index is -1.04. The third-order valence-electron chi connectivity index (χ3n) is 2.54. The van der Waals surface area contributed by atoms with E-state index in [4.69, 9.17) is 5.73 Å². The van der Waals surface area contributed by atoms with Crippen molar-refractivity contribution in [1.82, 2.24) is 4.57 Å². The van der Waals surface area contributed by atoms with E-state index in [-0.39, 0.29) is 17.1 Å². The molecule has 2 aromatic rings. The largest absolute Gasteiger partial charge is 0.396 e. The normalized spacial score (nSPS) is 10.5. The van der Waals surface area contributed by atoms with Crippen molar-refractivity contribution in [3.63, 3.8) is 0 Å². The second kappa shape index (κ2) is 5.16. The zero-order valence-corrected chi connectivity index (χ0v) is 12.0. The minimum absolute atomic E-state index is 0.0255. The van der Waals surface area contributed by atoms with Crippen molar-refractivity contribution in [2.75, 3.05) is 11.1 Å². The number of aromatic nitrogens is 1. The minimum Gasteiger partial charge on any atom is -0.396 e. The van der Waals surface area contributed by atoms with Crippen LogP contribution in [0, 0.1) is 15.2 Å². The predicted octanol–water partition coefficient (Wildman–Crippen LogP) is 2.59. The van der Waals surface area contributed by atoms with E-state index in [0.29, 0.717) is 3.57 Å². The van der Waals surface area contributed by atoms with E-state index in [0.717, 1.165) is 4.57 Å². The Morgan fingerprint density at radius 3 is 2.68 bits per heavy atom. The van der Waals surface area contributed by atoms with E-state index >= 15 is 0 Å². The van der Waals surface area contributed by atoms with Crippen LogP contribution in [0.15, 0.2) is 29.2 Å². The molecule has 4 nitrogen and oxygen atoms in total. The molecule has 0 aliphatic heterocycles. The standard InChI is InChI=1S/C12H10F2IN3O/c1-18-5-8(16)11(10(14)12(18)19)17-9-3-2-6(15)4-7(9)13/h2-5,17H,16H2,1H3. The van der Waals surface area contributed by atoms with Crippen molar-refractivity contribution < 1.29 is 8.78 Å². The number of benzene rings is 1. The lowest BCUT2D eigenvalue weighted by molar-refractivity contribution is 0.595. The van der Waals surface area contributed by atoms with Gasteiger partial charge in [0.25, 0.3) is 5.56 Å². The highest BCUT2D eigenvalue weighted by molar-refractivity contribution is 14.1. The number of pyridine rings is 1. The van der Waals surface area contributed by atoms with E-state index in [1.54, 1.807) is 6.07 Å². The predicted molar refractivity (Wildman–Crippen MR) is 78.5 cm³/mol. The van der Waals surface area contributed by atoms with Crippen molar-refractivity contribution in [3.05, 3.63) is 50.0 Å². The average Bonchev–Trinajstić information content (AvgIpc) is 2.34. The second-order valence-corrected chi connectivity index (χ2v) is 5.18. The summed E-state index contributed by atoms with van der Waals surface area (Å²) in [5.41, 5.74) is 4.66. The first-order valence-electron chi connectivity index (χ1n) is 5.27. The third kappa shape index (κ3) is 2.70. The van der Waals surface area contributed by atoms with Crippen LogP contribution in [0.3, 0.4) is 0 Å². The molecule has 1 heterocycles. The topological polar surface area (TPSA) is 60.0 Å². The van der Waals surface area contributed by atoms with Gasteiger partial charge >= 0.3 is 0 Å². The van der Waals surface area contributed by atoms with Crippen LogP contribution in [0.4, 0.5) is 25.8 Å². The Morgan fingerprint density at radius 2 is 2.05 bits per heavy atom. The fourth-order valence-corrected chi connectivity index (χ4v) is 2.03. The lowest BCUT2D eigenvalue weighted by atomic mass is 10.2. The molecule has 1 aromatic carbocycles. The van der Waals surface area contributed by atoms with Gasteiger partial charge in [-0.25, -0.2) is 4.39 Å². The van der Waals surface area contributed by atoms with Gasteiger partial charge in [-0.1, -0.05) is 0 Å². The highest BCUT2D eigenvalue weighted by Crippen LogP contribution is 2.26. The van der Waals surface area contributed by atoms with Crippen LogP contribution < -0.4 is 16.6 Å². The fourth-order valence-electron chi connectivity index (χ4n) is 1.57. The summed E-state index contributed by atoms with van der Waals surface area (Å²) in [6.07, 6.45) is 1.28. The van der Waals surface area contributed by atoms with Crippen LogP contribution in [-0.2, 0) is 7.05 Å². The molecule has 0 unspecified atom stereocenters. The quantitative estimate of drug-likeness (QED) is 0.792. The smallest absolute Gasteiger partial charge is 0.288 e. The molecule has 0 bridgehead atoms. The summed E-state index contributed by atoms with van der Waals surface area (Å²) in [5, 5.41) is 2.51. The molecule has 3 N–H and O–H groups in total. The van der Waals surface area contributed by atoms with Crippen LogP contribution in [0.5, 0.6) is 0 Å². The van der Waals surface area contributed by atoms with E-state index in [1.165, 1.54) is 25.4 Å². The molecule has 0 saturated carbocycles. The van der Waals surface area contributed by atoms with E-state index in [9.17, 15) is 13.6 Å². The molecular weight excluding hydrogens is 367 g/mol. The van der Waals surface area contributed by atoms with E-state index in [2.05, 4.69) is 5.32 Å². The van der Waals surface area contributed by atoms with Gasteiger partial charge in [-0.2, -0.15) is 4.39 Å². The monoisotopic (exact) mass is 377 g/mol. The lowest BCUT2D eigenvalue weighted by Crippen LogP contribution is -2.22. The number of nitrogen functional groups attached to an aromatic ring is 1. The van der Waals surface area contributed by atoms with Gasteiger partial charge in [0.2, 0.25) is 5.82 Å². The molecule has 0 spiro atoms. The van der Waals surface area contributed by atoms with Crippen molar-refractivity contribution in [3.8, 4) is 0 Å². The van der Waals surface area contributed by atoms with Crippen LogP contribution in [0.25, 0.3) is 0 Å². The summed E-state index contributed by atoms with van der Waals surface area (Å²) in [5.74, 6) is -1.59. The molecular formula is C12H10F2IN3O. The molecule has 2 rings (SSSR count). The maximum atomic E-state index is 13.8. The highest BCUT2D eigenvalue weighted by atomic mass is 127. The number of halogens is 3. The van der Waals surface area contributed by atoms with E-state index in [1.807, 2.05) is 22.6 Å². The lowest BCUT2D eigenvalue weighted by Gasteiger charge is -2.12. The number of nitrogens with one attached hydrogen (secondary N) is 1. The third-order valence-corrected chi connectivity index (χ3v) is 3.21. The van der Waals surface area contributed by atoms with Crippen LogP contribution in [0.2, 0.25) is 0 Å². The van der Waals surface area contributed by atoms with Crippen molar-refractivity contribution in [2.24, 2.45) is 7.05 Å². The molecule has 0 amide bonds. The summed E-state index contributed by atoms with van der Waals surface area (Å²) < 4.78 is 29.2. The first-order valence-corrected chi connectivity index (χ1v) is 6.34. The number of hydrogen-bond acceptors (Lipinski definition) is 3. The van der Waals surface area contributed by atoms with Crippen molar-refractivity contribution in [1.29, 1.82) is 0 Å². The van der Waals surface area contributed by atoms with Crippen LogP contribution >= 0.6 is 22.6 Å². The van der Waals surface area contributed by atoms with Gasteiger partial charge in [-0.3, -0.25) is 4.79 Å². The van der Waals surface area contributed by atoms with E-state index < -0.39 is 17.2 Å². The summed E-state index contributed by atoms with van der Waals surface area (Å²) in [7, 11) is 1.39. The number of rotatable bonds is 2. The van der Waals surface area contributed by atoms with Gasteiger partial charge in [-0.05, 0) is 40.8 Å². The van der Waals surface area contributed by atoms with Gasteiger partial charge in [-0.15, -0.1) is 0 Å². The van der Waals surface area contributed by atoms with Gasteiger partial charge in [0.05, 0.1) is 11.4 Å². The number of hydrogen-bond donors (Lipinski definition) is 2. The van der Waals surface area contributed by atoms with Crippen LogP contribution in [-0.4, -0.2) is 4.57 Å². The molecule has 0 atom stereocenters. The highest BCUT2D eigenvalue weighted by Gasteiger charge is 2.14. The summed E-state index contributed by atoms with van der Waals surface area (Å²) in [6.45, 7) is 0. The van der Waals surface area contributed by atoms with Crippen molar-refractivity contribution >= 4 is 39.7 Å². The number of aryl methyl sites for hydroxylation is 1. The summed E-state index contributed by atoms with van der Waals surface area (Å²) in [6, 6.07) is 4.40. The molecule has 0 saturated heterocycles. The maximum absolute atomic E-state index is 13.8. The Bertz CT molecular complexity index is 700. The van der Waals surface area contributed by atoms with Gasteiger partial charge in [0.15, 0.2) is 0 Å². The molecule has 0 radical (unpaired) electrons. The van der Waals surface area contributed by atoms with Crippen molar-refractivity contribution in [2.45, 2.75) is 0 Å². The second-order valence-electron chi connectivity index (χ2n) is 3.94. The van der Waals surface area contributed by atoms with Gasteiger partial charge in [0, 0.05) is 16.8 Å². The van der Waals surface area contributed by atoms with Gasteiger partial charge < -0.3 is 15.6 Å². The van der Waals surface area contributed by atoms with Gasteiger partial charge in [0.1, 0.15) is 11.5 Å². The average molecular weight is 377 g/mol. The Morgan fingerprint density at radius 1 is 1.37 bits per heavy atom. The SMILES string of the molecule is Cn1cc(N)c(Nc2ccc(I)cc2F)c(F)c1=O. The molecule has 0 aliphatic rings. The molecule has 100 valence electrons. The molecule has 0 fully saturated rings. The Balaban J connectivity index is 2.50. The maximum Gasteiger partial charge on any atom is 0.288 e. The Labute approximate surface area is 121 Å². The zero-order chi connectivity index (χ0) is 14.2. The zero-order valence-electron chi connectivity index (χ0n) is 9.88. The number of anilines is 3. The molecule has 1 aromatic heterocycles. The summed E-state index contributed by atoms with van der Waals surface area (Å²) in [4.78, 5) is 11.5. The Kier molecular flexibility index (Phi) is 3.74. The van der Waals surface area contributed by atoms with Crippen LogP contribution in [0.1, 0.15) is 0 Å². The number of nitrogens with two attached hydrogens (primary N) is 1. The molecule has 19 heavy (non-hydrogen) atoms. The fraction of sp³-hybridized carbons (Fsp3) is 0.0833. The molecule has 7 heteroatoms.